The number of nitrogens with one attached hydrogen (secondary N) is 1. The van der Waals surface area contributed by atoms with Gasteiger partial charge in [-0.25, -0.2) is 13.6 Å². The van der Waals surface area contributed by atoms with Gasteiger partial charge in [0, 0.05) is 18.9 Å². The summed E-state index contributed by atoms with van der Waals surface area (Å²) < 4.78 is 31.4. The van der Waals surface area contributed by atoms with Crippen LogP contribution in [-0.4, -0.2) is 34.7 Å². The van der Waals surface area contributed by atoms with Crippen LogP contribution in [0.3, 0.4) is 0 Å². The van der Waals surface area contributed by atoms with E-state index in [1.807, 2.05) is 0 Å². The molecule has 0 heterocycles. The monoisotopic (exact) mass is 279 g/mol. The Morgan fingerprint density at radius 2 is 1.95 bits per heavy atom. The molecule has 0 aromatic rings. The molecular formula is C12H19F2NO4. The zero-order valence-electron chi connectivity index (χ0n) is 11.2. The summed E-state index contributed by atoms with van der Waals surface area (Å²) in [7, 11) is 0. The van der Waals surface area contributed by atoms with Gasteiger partial charge in [-0.3, -0.25) is 4.79 Å². The summed E-state index contributed by atoms with van der Waals surface area (Å²) in [4.78, 5) is 22.5. The van der Waals surface area contributed by atoms with Crippen LogP contribution in [0.2, 0.25) is 0 Å². The lowest BCUT2D eigenvalue weighted by Gasteiger charge is -2.34. The molecule has 2 atom stereocenters. The summed E-state index contributed by atoms with van der Waals surface area (Å²) >= 11 is 0. The molecule has 1 fully saturated rings. The largest absolute Gasteiger partial charge is 0.481 e. The Morgan fingerprint density at radius 3 is 2.42 bits per heavy atom. The van der Waals surface area contributed by atoms with Gasteiger partial charge >= 0.3 is 12.1 Å². The smallest absolute Gasteiger partial charge is 0.407 e. The summed E-state index contributed by atoms with van der Waals surface area (Å²) in [6.07, 6.45) is -2.06. The average molecular weight is 279 g/mol. The quantitative estimate of drug-likeness (QED) is 0.813. The van der Waals surface area contributed by atoms with Gasteiger partial charge in [0.1, 0.15) is 5.60 Å². The fourth-order valence-electron chi connectivity index (χ4n) is 2.03. The van der Waals surface area contributed by atoms with Crippen LogP contribution in [0.25, 0.3) is 0 Å². The number of aliphatic carboxylic acids is 1. The summed E-state index contributed by atoms with van der Waals surface area (Å²) in [6, 6.07) is -0.827. The molecule has 0 saturated heterocycles. The van der Waals surface area contributed by atoms with Crippen molar-refractivity contribution in [3.8, 4) is 0 Å². The highest BCUT2D eigenvalue weighted by atomic mass is 19.3. The molecule has 1 rings (SSSR count). The lowest BCUT2D eigenvalue weighted by Crippen LogP contribution is -2.50. The number of halogens is 2. The Labute approximate surface area is 110 Å². The van der Waals surface area contributed by atoms with Crippen molar-refractivity contribution in [1.82, 2.24) is 5.32 Å². The normalized spacial score (nSPS) is 26.6. The third kappa shape index (κ3) is 5.00. The molecule has 0 spiro atoms. The first-order chi connectivity index (χ1) is 8.50. The third-order valence-electron chi connectivity index (χ3n) is 2.84. The molecule has 0 radical (unpaired) electrons. The van der Waals surface area contributed by atoms with E-state index in [-0.39, 0.29) is 6.42 Å². The molecule has 0 aromatic heterocycles. The molecule has 5 nitrogen and oxygen atoms in total. The number of rotatable bonds is 2. The van der Waals surface area contributed by atoms with Crippen LogP contribution in [0, 0.1) is 5.92 Å². The number of carbonyl (C=O) groups is 2. The Balaban J connectivity index is 2.66. The van der Waals surface area contributed by atoms with E-state index < -0.39 is 48.4 Å². The number of hydrogen-bond donors (Lipinski definition) is 2. The predicted octanol–water partition coefficient (Wildman–Crippen LogP) is 2.40. The number of carboxylic acid groups (broad SMARTS) is 1. The van der Waals surface area contributed by atoms with E-state index in [2.05, 4.69) is 5.32 Å². The molecule has 1 amide bonds. The van der Waals surface area contributed by atoms with Crippen molar-refractivity contribution in [2.45, 2.75) is 57.6 Å². The van der Waals surface area contributed by atoms with Gasteiger partial charge in [-0.2, -0.15) is 0 Å². The van der Waals surface area contributed by atoms with Crippen molar-refractivity contribution >= 4 is 12.1 Å². The van der Waals surface area contributed by atoms with E-state index in [9.17, 15) is 18.4 Å². The fourth-order valence-corrected chi connectivity index (χ4v) is 2.03. The van der Waals surface area contributed by atoms with E-state index >= 15 is 0 Å². The van der Waals surface area contributed by atoms with Crippen molar-refractivity contribution < 1.29 is 28.2 Å². The molecular weight excluding hydrogens is 260 g/mol. The molecule has 0 aliphatic heterocycles. The second kappa shape index (κ2) is 5.30. The maximum atomic E-state index is 13.2. The van der Waals surface area contributed by atoms with Crippen LogP contribution in [0.15, 0.2) is 0 Å². The summed E-state index contributed by atoms with van der Waals surface area (Å²) in [5.41, 5.74) is -0.721. The highest BCUT2D eigenvalue weighted by molar-refractivity contribution is 5.74. The second-order valence-corrected chi connectivity index (χ2v) is 5.80. The van der Waals surface area contributed by atoms with Crippen LogP contribution < -0.4 is 5.32 Å². The molecule has 1 aliphatic carbocycles. The maximum absolute atomic E-state index is 13.2. The van der Waals surface area contributed by atoms with Gasteiger partial charge in [-0.05, 0) is 27.2 Å². The molecule has 0 aromatic carbocycles. The number of hydrogen-bond acceptors (Lipinski definition) is 3. The van der Waals surface area contributed by atoms with Gasteiger partial charge in [0.25, 0.3) is 0 Å². The van der Waals surface area contributed by atoms with Crippen molar-refractivity contribution in [3.63, 3.8) is 0 Å². The zero-order valence-corrected chi connectivity index (χ0v) is 11.2. The first-order valence-corrected chi connectivity index (χ1v) is 6.10. The van der Waals surface area contributed by atoms with E-state index in [1.165, 1.54) is 0 Å². The van der Waals surface area contributed by atoms with Crippen LogP contribution >= 0.6 is 0 Å². The van der Waals surface area contributed by atoms with Gasteiger partial charge < -0.3 is 15.2 Å². The van der Waals surface area contributed by atoms with Crippen molar-refractivity contribution in [1.29, 1.82) is 0 Å². The fraction of sp³-hybridized carbons (Fsp3) is 0.833. The number of carbonyl (C=O) groups excluding carboxylic acids is 1. The minimum Gasteiger partial charge on any atom is -0.481 e. The van der Waals surface area contributed by atoms with Crippen molar-refractivity contribution in [3.05, 3.63) is 0 Å². The van der Waals surface area contributed by atoms with Crippen molar-refractivity contribution in [2.75, 3.05) is 0 Å². The van der Waals surface area contributed by atoms with E-state index in [4.69, 9.17) is 9.84 Å². The van der Waals surface area contributed by atoms with Crippen LogP contribution in [0.4, 0.5) is 13.6 Å². The van der Waals surface area contributed by atoms with Crippen LogP contribution in [0.1, 0.15) is 40.0 Å². The predicted molar refractivity (Wildman–Crippen MR) is 63.1 cm³/mol. The second-order valence-electron chi connectivity index (χ2n) is 5.80. The molecule has 1 saturated carbocycles. The number of amides is 1. The highest BCUT2D eigenvalue weighted by Crippen LogP contribution is 2.37. The molecule has 2 N–H and O–H groups in total. The van der Waals surface area contributed by atoms with Gasteiger partial charge in [0.2, 0.25) is 5.92 Å². The lowest BCUT2D eigenvalue weighted by molar-refractivity contribution is -0.150. The first-order valence-electron chi connectivity index (χ1n) is 6.10. The number of alkyl halides is 2. The standard InChI is InChI=1S/C12H19F2NO4/c1-11(2,3)19-10(18)15-8-4-5-12(13,14)6-7(8)9(16)17/h7-8H,4-6H2,1-3H3,(H,15,18)(H,16,17)/t7-,8-/m1/s1. The first kappa shape index (κ1) is 15.7. The van der Waals surface area contributed by atoms with E-state index in [1.54, 1.807) is 20.8 Å². The van der Waals surface area contributed by atoms with Gasteiger partial charge in [0.05, 0.1) is 5.92 Å². The highest BCUT2D eigenvalue weighted by Gasteiger charge is 2.45. The van der Waals surface area contributed by atoms with Crippen LogP contribution in [-0.2, 0) is 9.53 Å². The minimum atomic E-state index is -2.99. The van der Waals surface area contributed by atoms with E-state index in [0.29, 0.717) is 0 Å². The van der Waals surface area contributed by atoms with Crippen molar-refractivity contribution in [2.24, 2.45) is 5.92 Å². The Morgan fingerprint density at radius 1 is 1.37 bits per heavy atom. The molecule has 0 unspecified atom stereocenters. The third-order valence-corrected chi connectivity index (χ3v) is 2.84. The van der Waals surface area contributed by atoms with Gasteiger partial charge in [-0.1, -0.05) is 0 Å². The summed E-state index contributed by atoms with van der Waals surface area (Å²) in [6.45, 7) is 4.99. The van der Waals surface area contributed by atoms with E-state index in [0.717, 1.165) is 0 Å². The van der Waals surface area contributed by atoms with Crippen LogP contribution in [0.5, 0.6) is 0 Å². The zero-order chi connectivity index (χ0) is 14.8. The SMILES string of the molecule is CC(C)(C)OC(=O)N[C@@H]1CCC(F)(F)C[C@H]1C(=O)O. The summed E-state index contributed by atoms with van der Waals surface area (Å²) in [5, 5.41) is 11.3. The minimum absolute atomic E-state index is 0.0801. The number of ether oxygens (including phenoxy) is 1. The van der Waals surface area contributed by atoms with Gasteiger partial charge in [-0.15, -0.1) is 0 Å². The molecule has 0 bridgehead atoms. The molecule has 1 aliphatic rings. The average Bonchev–Trinajstić information content (AvgIpc) is 2.17. The molecule has 7 heteroatoms. The topological polar surface area (TPSA) is 75.6 Å². The summed E-state index contributed by atoms with van der Waals surface area (Å²) in [5.74, 6) is -5.62. The Hall–Kier alpha value is -1.40. The lowest BCUT2D eigenvalue weighted by atomic mass is 9.82. The Kier molecular flexibility index (Phi) is 4.37. The number of carboxylic acids is 1. The van der Waals surface area contributed by atoms with Gasteiger partial charge in [0.15, 0.2) is 0 Å². The molecule has 110 valence electrons. The Bertz CT molecular complexity index is 365. The number of alkyl carbamates (subject to hydrolysis) is 1. The molecule has 19 heavy (non-hydrogen) atoms. The maximum Gasteiger partial charge on any atom is 0.407 e.